The van der Waals surface area contributed by atoms with Crippen molar-refractivity contribution in [3.63, 3.8) is 0 Å². The number of nitrogens with one attached hydrogen (secondary N) is 1. The number of anilines is 1. The number of benzene rings is 1. The molecule has 3 aromatic rings. The van der Waals surface area contributed by atoms with Crippen LogP contribution in [0, 0.1) is 6.92 Å². The first kappa shape index (κ1) is 19.2. The summed E-state index contributed by atoms with van der Waals surface area (Å²) in [4.78, 5) is 21.0. The molecule has 7 heteroatoms. The first-order valence-corrected chi connectivity index (χ1v) is 9.85. The Hall–Kier alpha value is -2.54. The van der Waals surface area contributed by atoms with Gasteiger partial charge >= 0.3 is 0 Å². The molecule has 0 saturated carbocycles. The number of aryl methyl sites for hydroxylation is 2. The summed E-state index contributed by atoms with van der Waals surface area (Å²) in [6.07, 6.45) is 1.66. The second-order valence-electron chi connectivity index (χ2n) is 7.49. The molecule has 0 unspecified atom stereocenters. The molecule has 6 nitrogen and oxygen atoms in total. The van der Waals surface area contributed by atoms with Gasteiger partial charge in [0.25, 0.3) is 0 Å². The van der Waals surface area contributed by atoms with Gasteiger partial charge < -0.3 is 9.84 Å². The minimum Gasteiger partial charge on any atom is -0.339 e. The summed E-state index contributed by atoms with van der Waals surface area (Å²) in [7, 11) is 0. The maximum absolute atomic E-state index is 12.1. The van der Waals surface area contributed by atoms with E-state index in [2.05, 4.69) is 20.4 Å². The lowest BCUT2D eigenvalue weighted by molar-refractivity contribution is -0.116. The average Bonchev–Trinajstić information content (AvgIpc) is 3.24. The van der Waals surface area contributed by atoms with Crippen molar-refractivity contribution in [3.05, 3.63) is 46.4 Å². The quantitative estimate of drug-likeness (QED) is 0.663. The van der Waals surface area contributed by atoms with Gasteiger partial charge in [0.1, 0.15) is 0 Å². The molecule has 1 amide bonds. The molecule has 0 spiro atoms. The molecule has 2 aromatic heterocycles. The fourth-order valence-corrected chi connectivity index (χ4v) is 3.13. The van der Waals surface area contributed by atoms with Gasteiger partial charge in [0.05, 0.1) is 10.7 Å². The summed E-state index contributed by atoms with van der Waals surface area (Å²) in [5.41, 5.74) is 2.65. The van der Waals surface area contributed by atoms with Crippen LogP contribution in [0.4, 0.5) is 5.69 Å². The highest BCUT2D eigenvalue weighted by Gasteiger charge is 2.20. The molecule has 1 N–H and O–H groups in total. The van der Waals surface area contributed by atoms with Crippen LogP contribution in [-0.4, -0.2) is 21.0 Å². The third kappa shape index (κ3) is 5.23. The Balaban J connectivity index is 1.47. The van der Waals surface area contributed by atoms with E-state index in [1.54, 1.807) is 11.3 Å². The smallest absolute Gasteiger partial charge is 0.226 e. The number of aromatic nitrogens is 3. The Morgan fingerprint density at radius 1 is 1.19 bits per heavy atom. The van der Waals surface area contributed by atoms with E-state index in [0.29, 0.717) is 31.0 Å². The van der Waals surface area contributed by atoms with E-state index in [1.807, 2.05) is 57.3 Å². The Bertz CT molecular complexity index is 907. The van der Waals surface area contributed by atoms with Crippen molar-refractivity contribution >= 4 is 22.9 Å². The van der Waals surface area contributed by atoms with Gasteiger partial charge in [-0.2, -0.15) is 4.98 Å². The van der Waals surface area contributed by atoms with E-state index in [1.165, 1.54) is 0 Å². The third-order valence-corrected chi connectivity index (χ3v) is 4.79. The van der Waals surface area contributed by atoms with Gasteiger partial charge in [-0.3, -0.25) is 4.79 Å². The Morgan fingerprint density at radius 3 is 2.52 bits per heavy atom. The van der Waals surface area contributed by atoms with Crippen LogP contribution >= 0.6 is 11.3 Å². The van der Waals surface area contributed by atoms with Crippen molar-refractivity contribution in [2.24, 2.45) is 0 Å². The normalized spacial score (nSPS) is 11.6. The van der Waals surface area contributed by atoms with Gasteiger partial charge in [0, 0.05) is 34.9 Å². The zero-order valence-corrected chi connectivity index (χ0v) is 16.9. The van der Waals surface area contributed by atoms with Gasteiger partial charge in [0.15, 0.2) is 5.82 Å². The van der Waals surface area contributed by atoms with Crippen LogP contribution in [0.3, 0.4) is 0 Å². The summed E-state index contributed by atoms with van der Waals surface area (Å²) < 4.78 is 5.25. The molecule has 0 bridgehead atoms. The minimum atomic E-state index is -0.136. The number of carbonyl (C=O) groups excluding carboxylic acids is 1. The number of carbonyl (C=O) groups is 1. The summed E-state index contributed by atoms with van der Waals surface area (Å²) >= 11 is 1.63. The van der Waals surface area contributed by atoms with Crippen molar-refractivity contribution in [2.75, 3.05) is 5.32 Å². The predicted molar refractivity (Wildman–Crippen MR) is 107 cm³/mol. The highest BCUT2D eigenvalue weighted by Crippen LogP contribution is 2.23. The lowest BCUT2D eigenvalue weighted by Gasteiger charge is -2.10. The van der Waals surface area contributed by atoms with Crippen LogP contribution < -0.4 is 5.32 Å². The maximum atomic E-state index is 12.1. The zero-order valence-electron chi connectivity index (χ0n) is 16.1. The van der Waals surface area contributed by atoms with Crippen molar-refractivity contribution in [1.82, 2.24) is 15.1 Å². The highest BCUT2D eigenvalue weighted by molar-refractivity contribution is 7.09. The van der Waals surface area contributed by atoms with Crippen molar-refractivity contribution in [3.8, 4) is 11.3 Å². The van der Waals surface area contributed by atoms with E-state index in [0.717, 1.165) is 22.0 Å². The van der Waals surface area contributed by atoms with Crippen molar-refractivity contribution in [2.45, 2.75) is 52.4 Å². The first-order chi connectivity index (χ1) is 12.8. The number of amides is 1. The molecule has 3 rings (SSSR count). The van der Waals surface area contributed by atoms with Crippen LogP contribution in [-0.2, 0) is 16.6 Å². The summed E-state index contributed by atoms with van der Waals surface area (Å²) in [5.74, 6) is 1.25. The molecule has 0 atom stereocenters. The topological polar surface area (TPSA) is 80.9 Å². The van der Waals surface area contributed by atoms with E-state index in [-0.39, 0.29) is 11.3 Å². The number of nitrogens with zero attached hydrogens (tertiary/aromatic N) is 3. The third-order valence-electron chi connectivity index (χ3n) is 4.02. The zero-order chi connectivity index (χ0) is 19.4. The number of hydrogen-bond donors (Lipinski definition) is 1. The molecule has 27 heavy (non-hydrogen) atoms. The highest BCUT2D eigenvalue weighted by atomic mass is 32.1. The van der Waals surface area contributed by atoms with E-state index >= 15 is 0 Å². The SMILES string of the molecule is Cc1nc(-c2ccc(NC(=O)CCCc3nc(C(C)(C)C)no3)cc2)cs1. The molecular weight excluding hydrogens is 360 g/mol. The molecule has 0 aliphatic carbocycles. The van der Waals surface area contributed by atoms with E-state index in [4.69, 9.17) is 4.52 Å². The van der Waals surface area contributed by atoms with Gasteiger partial charge in [-0.25, -0.2) is 4.98 Å². The molecule has 0 radical (unpaired) electrons. The molecule has 0 aliphatic heterocycles. The average molecular weight is 385 g/mol. The van der Waals surface area contributed by atoms with Crippen LogP contribution in [0.15, 0.2) is 34.2 Å². The van der Waals surface area contributed by atoms with E-state index in [9.17, 15) is 4.79 Å². The predicted octanol–water partition coefficient (Wildman–Crippen LogP) is 4.76. The minimum absolute atomic E-state index is 0.0252. The molecular formula is C20H24N4O2S. The first-order valence-electron chi connectivity index (χ1n) is 8.97. The summed E-state index contributed by atoms with van der Waals surface area (Å²) in [5, 5.41) is 9.99. The Kier molecular flexibility index (Phi) is 5.70. The standard InChI is InChI=1S/C20H24N4O2S/c1-13-21-16(12-27-13)14-8-10-15(11-9-14)22-17(25)6-5-7-18-23-19(24-26-18)20(2,3)4/h8-12H,5-7H2,1-4H3,(H,22,25). The van der Waals surface area contributed by atoms with Gasteiger partial charge in [-0.05, 0) is 25.5 Å². The van der Waals surface area contributed by atoms with Crippen LogP contribution in [0.2, 0.25) is 0 Å². The maximum Gasteiger partial charge on any atom is 0.226 e. The molecule has 142 valence electrons. The van der Waals surface area contributed by atoms with Gasteiger partial charge in [-0.1, -0.05) is 38.1 Å². The summed E-state index contributed by atoms with van der Waals surface area (Å²) in [6, 6.07) is 7.73. The van der Waals surface area contributed by atoms with Crippen LogP contribution in [0.25, 0.3) is 11.3 Å². The van der Waals surface area contributed by atoms with Crippen LogP contribution in [0.1, 0.15) is 50.3 Å². The van der Waals surface area contributed by atoms with Gasteiger partial charge in [0.2, 0.25) is 11.8 Å². The fourth-order valence-electron chi connectivity index (χ4n) is 2.51. The molecule has 0 saturated heterocycles. The van der Waals surface area contributed by atoms with Crippen LogP contribution in [0.5, 0.6) is 0 Å². The Labute approximate surface area is 163 Å². The fraction of sp³-hybridized carbons (Fsp3) is 0.400. The van der Waals surface area contributed by atoms with Gasteiger partial charge in [-0.15, -0.1) is 11.3 Å². The molecule has 0 aliphatic rings. The van der Waals surface area contributed by atoms with E-state index < -0.39 is 0 Å². The number of thiazole rings is 1. The lowest BCUT2D eigenvalue weighted by Crippen LogP contribution is -2.13. The number of hydrogen-bond acceptors (Lipinski definition) is 6. The van der Waals surface area contributed by atoms with Crippen molar-refractivity contribution in [1.29, 1.82) is 0 Å². The monoisotopic (exact) mass is 384 g/mol. The molecule has 1 aromatic carbocycles. The summed E-state index contributed by atoms with van der Waals surface area (Å²) in [6.45, 7) is 8.10. The second-order valence-corrected chi connectivity index (χ2v) is 8.55. The molecule has 2 heterocycles. The Morgan fingerprint density at radius 2 is 1.93 bits per heavy atom. The second kappa shape index (κ2) is 8.00. The lowest BCUT2D eigenvalue weighted by atomic mass is 9.96. The molecule has 0 fully saturated rings. The largest absolute Gasteiger partial charge is 0.339 e. The number of rotatable bonds is 6. The van der Waals surface area contributed by atoms with Crippen molar-refractivity contribution < 1.29 is 9.32 Å².